The summed E-state index contributed by atoms with van der Waals surface area (Å²) in [6.07, 6.45) is 3.72. The highest BCUT2D eigenvalue weighted by Crippen LogP contribution is 2.35. The molecular weight excluding hydrogens is 465 g/mol. The van der Waals surface area contributed by atoms with Crippen molar-refractivity contribution >= 4 is 22.9 Å². The van der Waals surface area contributed by atoms with E-state index in [2.05, 4.69) is 43.6 Å². The first-order chi connectivity index (χ1) is 17.0. The standard InChI is InChI=1S/C25H28FN7OS/c1-17-9-23-19(11-28-33(23)21-5-3-20(26)4-6-21)10-22(17)24-14-32(35-25-12-27-30(2)29-25)8-7-31(24)13-18-15-34-16-18/h3-6,9-12,18,24H,7-8,13-16H2,1-2H3. The van der Waals surface area contributed by atoms with Crippen LogP contribution in [0.5, 0.6) is 0 Å². The second-order valence-electron chi connectivity index (χ2n) is 9.37. The monoisotopic (exact) mass is 493 g/mol. The molecule has 4 heterocycles. The molecule has 1 atom stereocenters. The minimum Gasteiger partial charge on any atom is -0.381 e. The van der Waals surface area contributed by atoms with Crippen LogP contribution in [-0.2, 0) is 11.8 Å². The van der Waals surface area contributed by atoms with Crippen molar-refractivity contribution in [2.75, 3.05) is 39.4 Å². The van der Waals surface area contributed by atoms with Crippen molar-refractivity contribution < 1.29 is 9.13 Å². The summed E-state index contributed by atoms with van der Waals surface area (Å²) < 4.78 is 23.2. The molecule has 0 bridgehead atoms. The van der Waals surface area contributed by atoms with Gasteiger partial charge < -0.3 is 4.74 Å². The van der Waals surface area contributed by atoms with E-state index >= 15 is 0 Å². The first-order valence-electron chi connectivity index (χ1n) is 11.9. The number of fused-ring (bicyclic) bond motifs is 1. The topological polar surface area (TPSA) is 64.2 Å². The quantitative estimate of drug-likeness (QED) is 0.380. The van der Waals surface area contributed by atoms with Gasteiger partial charge in [-0.3, -0.25) is 4.90 Å². The Morgan fingerprint density at radius 2 is 1.91 bits per heavy atom. The lowest BCUT2D eigenvalue weighted by atomic mass is 9.95. The minimum absolute atomic E-state index is 0.248. The number of aryl methyl sites for hydroxylation is 2. The number of hydrogen-bond donors (Lipinski definition) is 0. The smallest absolute Gasteiger partial charge is 0.153 e. The lowest BCUT2D eigenvalue weighted by Gasteiger charge is -2.44. The average molecular weight is 494 g/mol. The summed E-state index contributed by atoms with van der Waals surface area (Å²) in [6, 6.07) is 11.2. The van der Waals surface area contributed by atoms with Gasteiger partial charge in [-0.15, -0.1) is 5.10 Å². The lowest BCUT2D eigenvalue weighted by Crippen LogP contribution is -2.50. The molecule has 0 saturated carbocycles. The fraction of sp³-hybridized carbons (Fsp3) is 0.400. The van der Waals surface area contributed by atoms with Gasteiger partial charge in [0.05, 0.1) is 36.8 Å². The summed E-state index contributed by atoms with van der Waals surface area (Å²) in [5.41, 5.74) is 4.43. The van der Waals surface area contributed by atoms with Gasteiger partial charge in [-0.1, -0.05) is 0 Å². The molecule has 6 rings (SSSR count). The number of nitrogens with zero attached hydrogens (tertiary/aromatic N) is 7. The minimum atomic E-state index is -0.248. The van der Waals surface area contributed by atoms with Gasteiger partial charge in [-0.25, -0.2) is 13.4 Å². The highest BCUT2D eigenvalue weighted by molar-refractivity contribution is 7.97. The molecule has 2 aromatic heterocycles. The molecule has 2 aromatic carbocycles. The van der Waals surface area contributed by atoms with E-state index in [1.54, 1.807) is 28.9 Å². The molecule has 0 N–H and O–H groups in total. The summed E-state index contributed by atoms with van der Waals surface area (Å²) in [5.74, 6) is 0.351. The maximum atomic E-state index is 13.4. The van der Waals surface area contributed by atoms with Crippen molar-refractivity contribution in [3.63, 3.8) is 0 Å². The fourth-order valence-electron chi connectivity index (χ4n) is 4.96. The lowest BCUT2D eigenvalue weighted by molar-refractivity contribution is -0.0565. The number of ether oxygens (including phenoxy) is 1. The van der Waals surface area contributed by atoms with Gasteiger partial charge in [0.25, 0.3) is 0 Å². The molecule has 10 heteroatoms. The van der Waals surface area contributed by atoms with E-state index < -0.39 is 0 Å². The Bertz CT molecular complexity index is 1330. The van der Waals surface area contributed by atoms with Gasteiger partial charge in [0.15, 0.2) is 5.03 Å². The Balaban J connectivity index is 1.32. The van der Waals surface area contributed by atoms with Crippen molar-refractivity contribution in [3.8, 4) is 5.69 Å². The van der Waals surface area contributed by atoms with Gasteiger partial charge in [0.1, 0.15) is 5.82 Å². The molecule has 2 fully saturated rings. The third kappa shape index (κ3) is 4.58. The van der Waals surface area contributed by atoms with Crippen molar-refractivity contribution in [2.24, 2.45) is 13.0 Å². The SMILES string of the molecule is Cc1cc2c(cnn2-c2ccc(F)cc2)cc1C1CN(Sc2cnn(C)n2)CCN1CC1COC1. The van der Waals surface area contributed by atoms with Crippen molar-refractivity contribution in [2.45, 2.75) is 18.0 Å². The number of aromatic nitrogens is 5. The van der Waals surface area contributed by atoms with Crippen LogP contribution in [0, 0.1) is 18.7 Å². The van der Waals surface area contributed by atoms with Crippen LogP contribution in [0.1, 0.15) is 17.2 Å². The number of halogens is 1. The normalized spacial score (nSPS) is 19.9. The van der Waals surface area contributed by atoms with Crippen LogP contribution in [0.2, 0.25) is 0 Å². The van der Waals surface area contributed by atoms with Gasteiger partial charge in [0, 0.05) is 50.6 Å². The fourth-order valence-corrected chi connectivity index (χ4v) is 5.86. The van der Waals surface area contributed by atoms with E-state index in [-0.39, 0.29) is 11.9 Å². The Kier molecular flexibility index (Phi) is 6.05. The first-order valence-corrected chi connectivity index (χ1v) is 12.7. The van der Waals surface area contributed by atoms with Crippen LogP contribution in [0.25, 0.3) is 16.6 Å². The summed E-state index contributed by atoms with van der Waals surface area (Å²) >= 11 is 1.68. The first kappa shape index (κ1) is 22.7. The molecule has 35 heavy (non-hydrogen) atoms. The van der Waals surface area contributed by atoms with Gasteiger partial charge in [0.2, 0.25) is 0 Å². The molecule has 0 aliphatic carbocycles. The predicted molar refractivity (Wildman–Crippen MR) is 133 cm³/mol. The second-order valence-corrected chi connectivity index (χ2v) is 10.5. The zero-order valence-corrected chi connectivity index (χ0v) is 20.7. The van der Waals surface area contributed by atoms with Crippen LogP contribution in [-0.4, -0.2) is 73.4 Å². The summed E-state index contributed by atoms with van der Waals surface area (Å²) in [5, 5.41) is 15.3. The number of benzene rings is 2. The van der Waals surface area contributed by atoms with Crippen molar-refractivity contribution in [1.82, 2.24) is 34.0 Å². The van der Waals surface area contributed by atoms with Crippen LogP contribution in [0.15, 0.2) is 53.8 Å². The highest BCUT2D eigenvalue weighted by atomic mass is 32.2. The largest absolute Gasteiger partial charge is 0.381 e. The van der Waals surface area contributed by atoms with Crippen LogP contribution in [0.3, 0.4) is 0 Å². The average Bonchev–Trinajstić information content (AvgIpc) is 3.42. The summed E-state index contributed by atoms with van der Waals surface area (Å²) in [6.45, 7) is 7.77. The van der Waals surface area contributed by atoms with E-state index in [0.717, 1.165) is 61.0 Å². The predicted octanol–water partition coefficient (Wildman–Crippen LogP) is 3.61. The number of rotatable bonds is 6. The van der Waals surface area contributed by atoms with E-state index in [4.69, 9.17) is 4.74 Å². The molecular formula is C25H28FN7OS. The molecule has 2 aliphatic heterocycles. The Morgan fingerprint density at radius 3 is 2.63 bits per heavy atom. The molecule has 0 spiro atoms. The molecule has 1 unspecified atom stereocenters. The molecule has 0 amide bonds. The van der Waals surface area contributed by atoms with Gasteiger partial charge >= 0.3 is 0 Å². The third-order valence-corrected chi connectivity index (χ3v) is 7.80. The number of piperazine rings is 1. The zero-order valence-electron chi connectivity index (χ0n) is 19.8. The van der Waals surface area contributed by atoms with E-state index in [0.29, 0.717) is 5.92 Å². The number of hydrogen-bond acceptors (Lipinski definition) is 7. The van der Waals surface area contributed by atoms with Gasteiger partial charge in [-0.2, -0.15) is 15.0 Å². The molecule has 182 valence electrons. The maximum Gasteiger partial charge on any atom is 0.153 e. The van der Waals surface area contributed by atoms with Crippen LogP contribution >= 0.6 is 11.9 Å². The summed E-state index contributed by atoms with van der Waals surface area (Å²) in [4.78, 5) is 4.21. The molecule has 2 saturated heterocycles. The second kappa shape index (κ2) is 9.34. The maximum absolute atomic E-state index is 13.4. The highest BCUT2D eigenvalue weighted by Gasteiger charge is 2.33. The van der Waals surface area contributed by atoms with Crippen LogP contribution in [0.4, 0.5) is 4.39 Å². The molecule has 4 aromatic rings. The molecule has 0 radical (unpaired) electrons. The Labute approximate surface area is 207 Å². The van der Waals surface area contributed by atoms with E-state index in [1.165, 1.54) is 23.3 Å². The van der Waals surface area contributed by atoms with E-state index in [1.807, 2.05) is 24.1 Å². The molecule has 2 aliphatic rings. The summed E-state index contributed by atoms with van der Waals surface area (Å²) in [7, 11) is 1.84. The van der Waals surface area contributed by atoms with Crippen molar-refractivity contribution in [1.29, 1.82) is 0 Å². The van der Waals surface area contributed by atoms with Crippen LogP contribution < -0.4 is 0 Å². The zero-order chi connectivity index (χ0) is 23.9. The Morgan fingerprint density at radius 1 is 1.09 bits per heavy atom. The van der Waals surface area contributed by atoms with Gasteiger partial charge in [-0.05, 0) is 66.4 Å². The van der Waals surface area contributed by atoms with Crippen molar-refractivity contribution in [3.05, 3.63) is 65.7 Å². The van der Waals surface area contributed by atoms with E-state index in [9.17, 15) is 4.39 Å². The third-order valence-electron chi connectivity index (χ3n) is 6.84. The Hall–Kier alpha value is -2.79. The molecule has 8 nitrogen and oxygen atoms in total.